The molecule has 0 atom stereocenters. The van der Waals surface area contributed by atoms with Gasteiger partial charge in [-0.3, -0.25) is 14.0 Å². The number of carbonyl (C=O) groups excluding carboxylic acids is 2. The second-order valence-corrected chi connectivity index (χ2v) is 6.59. The average molecular weight is 359 g/mol. The molecule has 0 saturated carbocycles. The van der Waals surface area contributed by atoms with Gasteiger partial charge in [-0.2, -0.15) is 0 Å². The summed E-state index contributed by atoms with van der Waals surface area (Å²) in [6.45, 7) is 6.72. The first-order valence-corrected chi connectivity index (χ1v) is 9.18. The van der Waals surface area contributed by atoms with Crippen LogP contribution in [0.25, 0.3) is 5.52 Å². The quantitative estimate of drug-likeness (QED) is 0.742. The molecule has 0 aliphatic rings. The van der Waals surface area contributed by atoms with Crippen molar-refractivity contribution in [3.8, 4) is 0 Å². The summed E-state index contributed by atoms with van der Waals surface area (Å²) in [6.07, 6.45) is 3.54. The van der Waals surface area contributed by atoms with Crippen molar-refractivity contribution in [2.75, 3.05) is 40.3 Å². The molecule has 2 amide bonds. The van der Waals surface area contributed by atoms with Crippen LogP contribution in [0.1, 0.15) is 47.8 Å². The van der Waals surface area contributed by atoms with Gasteiger partial charge in [-0.15, -0.1) is 0 Å². The number of fused-ring (bicyclic) bond motifs is 1. The van der Waals surface area contributed by atoms with Crippen LogP contribution in [0, 0.1) is 0 Å². The minimum atomic E-state index is -0.257. The van der Waals surface area contributed by atoms with Gasteiger partial charge in [0.05, 0.1) is 5.52 Å². The molecule has 2 rings (SSSR count). The minimum absolute atomic E-state index is 0.137. The van der Waals surface area contributed by atoms with Crippen LogP contribution >= 0.6 is 0 Å². The van der Waals surface area contributed by atoms with Gasteiger partial charge in [-0.05, 0) is 39.1 Å². The Balaban J connectivity index is 2.33. The fourth-order valence-corrected chi connectivity index (χ4v) is 2.83. The molecule has 26 heavy (non-hydrogen) atoms. The van der Waals surface area contributed by atoms with E-state index in [-0.39, 0.29) is 11.8 Å². The van der Waals surface area contributed by atoms with Crippen molar-refractivity contribution < 1.29 is 9.59 Å². The molecule has 0 spiro atoms. The highest BCUT2D eigenvalue weighted by molar-refractivity contribution is 6.02. The van der Waals surface area contributed by atoms with Crippen LogP contribution in [0.15, 0.2) is 24.4 Å². The van der Waals surface area contributed by atoms with Crippen molar-refractivity contribution in [3.05, 3.63) is 35.9 Å². The van der Waals surface area contributed by atoms with E-state index in [0.29, 0.717) is 36.7 Å². The molecule has 0 bridgehead atoms. The fourth-order valence-electron chi connectivity index (χ4n) is 2.83. The second-order valence-electron chi connectivity index (χ2n) is 6.59. The number of hydrogen-bond donors (Lipinski definition) is 1. The molecule has 0 unspecified atom stereocenters. The smallest absolute Gasteiger partial charge is 0.290 e. The zero-order chi connectivity index (χ0) is 19.1. The van der Waals surface area contributed by atoms with Crippen LogP contribution in [-0.2, 0) is 0 Å². The van der Waals surface area contributed by atoms with E-state index in [0.717, 1.165) is 19.4 Å². The van der Waals surface area contributed by atoms with Crippen LogP contribution in [0.3, 0.4) is 0 Å². The van der Waals surface area contributed by atoms with Gasteiger partial charge >= 0.3 is 0 Å². The molecular formula is C19H29N5O2. The zero-order valence-corrected chi connectivity index (χ0v) is 16.2. The topological polar surface area (TPSA) is 70.0 Å². The van der Waals surface area contributed by atoms with Gasteiger partial charge in [0.1, 0.15) is 0 Å². The van der Waals surface area contributed by atoms with E-state index in [1.807, 2.05) is 51.0 Å². The van der Waals surface area contributed by atoms with Gasteiger partial charge in [0.15, 0.2) is 5.69 Å². The summed E-state index contributed by atoms with van der Waals surface area (Å²) in [5, 5.41) is 2.87. The van der Waals surface area contributed by atoms with Crippen molar-refractivity contribution in [2.24, 2.45) is 0 Å². The maximum atomic E-state index is 13.0. The van der Waals surface area contributed by atoms with Gasteiger partial charge in [0, 0.05) is 32.4 Å². The molecule has 0 radical (unpaired) electrons. The molecule has 0 aliphatic heterocycles. The number of hydrogen-bond acceptors (Lipinski definition) is 4. The number of likely N-dealkylation sites (N-methyl/N-ethyl adjacent to an activating group) is 1. The predicted molar refractivity (Wildman–Crippen MR) is 103 cm³/mol. The Morgan fingerprint density at radius 3 is 2.42 bits per heavy atom. The Morgan fingerprint density at radius 2 is 1.81 bits per heavy atom. The number of carbonyl (C=O) groups is 2. The maximum Gasteiger partial charge on any atom is 0.290 e. The van der Waals surface area contributed by atoms with E-state index in [1.165, 1.54) is 0 Å². The van der Waals surface area contributed by atoms with Crippen LogP contribution in [0.2, 0.25) is 0 Å². The van der Waals surface area contributed by atoms with Crippen LogP contribution in [0.4, 0.5) is 0 Å². The summed E-state index contributed by atoms with van der Waals surface area (Å²) in [4.78, 5) is 33.8. The Kier molecular flexibility index (Phi) is 7.15. The third-order valence-corrected chi connectivity index (χ3v) is 4.07. The van der Waals surface area contributed by atoms with Crippen molar-refractivity contribution in [1.82, 2.24) is 24.5 Å². The van der Waals surface area contributed by atoms with Gasteiger partial charge in [-0.1, -0.05) is 19.9 Å². The summed E-state index contributed by atoms with van der Waals surface area (Å²) in [5.41, 5.74) is 0.937. The number of amides is 2. The summed E-state index contributed by atoms with van der Waals surface area (Å²) in [7, 11) is 3.90. The summed E-state index contributed by atoms with van der Waals surface area (Å²) >= 11 is 0. The Hall–Kier alpha value is -2.41. The van der Waals surface area contributed by atoms with E-state index in [1.54, 1.807) is 15.5 Å². The lowest BCUT2D eigenvalue weighted by Gasteiger charge is -2.20. The summed E-state index contributed by atoms with van der Waals surface area (Å²) in [6, 6.07) is 5.50. The first-order chi connectivity index (χ1) is 12.5. The summed E-state index contributed by atoms with van der Waals surface area (Å²) in [5.74, 6) is -0.102. The first-order valence-electron chi connectivity index (χ1n) is 9.18. The molecule has 142 valence electrons. The maximum absolute atomic E-state index is 13.0. The lowest BCUT2D eigenvalue weighted by Crippen LogP contribution is -2.34. The van der Waals surface area contributed by atoms with E-state index in [9.17, 15) is 9.59 Å². The normalized spacial score (nSPS) is 11.1. The van der Waals surface area contributed by atoms with Crippen molar-refractivity contribution in [3.63, 3.8) is 0 Å². The van der Waals surface area contributed by atoms with E-state index in [4.69, 9.17) is 0 Å². The molecule has 2 aromatic rings. The number of nitrogens with one attached hydrogen (secondary N) is 1. The molecule has 0 aromatic carbocycles. The first kappa shape index (κ1) is 19.9. The molecule has 0 aliphatic carbocycles. The number of imidazole rings is 1. The van der Waals surface area contributed by atoms with E-state index >= 15 is 0 Å². The number of nitrogens with zero attached hydrogens (tertiary/aromatic N) is 4. The molecule has 7 nitrogen and oxygen atoms in total. The second kappa shape index (κ2) is 9.33. The van der Waals surface area contributed by atoms with Gasteiger partial charge < -0.3 is 15.1 Å². The highest BCUT2D eigenvalue weighted by Crippen LogP contribution is 2.15. The van der Waals surface area contributed by atoms with Gasteiger partial charge in [0.2, 0.25) is 5.82 Å². The largest absolute Gasteiger partial charge is 0.349 e. The van der Waals surface area contributed by atoms with Crippen LogP contribution in [0.5, 0.6) is 0 Å². The Bertz CT molecular complexity index is 747. The third kappa shape index (κ3) is 4.60. The van der Waals surface area contributed by atoms with Crippen LogP contribution in [-0.4, -0.2) is 71.3 Å². The molecule has 7 heteroatoms. The van der Waals surface area contributed by atoms with Crippen molar-refractivity contribution in [2.45, 2.75) is 26.7 Å². The fraction of sp³-hybridized carbons (Fsp3) is 0.526. The van der Waals surface area contributed by atoms with Gasteiger partial charge in [-0.25, -0.2) is 4.98 Å². The van der Waals surface area contributed by atoms with E-state index in [2.05, 4.69) is 10.3 Å². The standard InChI is InChI=1S/C19H29N5O2/c1-5-11-23(12-6-2)19(26)17-21-16(15-9-7-8-13-24(15)17)18(25)20-10-14-22(3)4/h7-9,13H,5-6,10-12,14H2,1-4H3,(H,20,25). The molecule has 2 heterocycles. The zero-order valence-electron chi connectivity index (χ0n) is 16.2. The highest BCUT2D eigenvalue weighted by Gasteiger charge is 2.24. The molecule has 0 saturated heterocycles. The van der Waals surface area contributed by atoms with Crippen molar-refractivity contribution in [1.29, 1.82) is 0 Å². The van der Waals surface area contributed by atoms with E-state index < -0.39 is 0 Å². The number of aromatic nitrogens is 2. The lowest BCUT2D eigenvalue weighted by molar-refractivity contribution is 0.0742. The summed E-state index contributed by atoms with van der Waals surface area (Å²) < 4.78 is 1.71. The highest BCUT2D eigenvalue weighted by atomic mass is 16.2. The van der Waals surface area contributed by atoms with Crippen molar-refractivity contribution >= 4 is 17.3 Å². The number of pyridine rings is 1. The molecular weight excluding hydrogens is 330 g/mol. The lowest BCUT2D eigenvalue weighted by atomic mass is 10.3. The molecule has 1 N–H and O–H groups in total. The molecule has 0 fully saturated rings. The number of rotatable bonds is 9. The average Bonchev–Trinajstić information content (AvgIpc) is 3.00. The minimum Gasteiger partial charge on any atom is -0.349 e. The van der Waals surface area contributed by atoms with Crippen LogP contribution < -0.4 is 5.32 Å². The molecule has 2 aromatic heterocycles. The SMILES string of the molecule is CCCN(CCC)C(=O)c1nc(C(=O)NCCN(C)C)c2ccccn12. The third-order valence-electron chi connectivity index (χ3n) is 4.07. The predicted octanol–water partition coefficient (Wildman–Crippen LogP) is 1.89. The Labute approximate surface area is 155 Å². The van der Waals surface area contributed by atoms with Gasteiger partial charge in [0.25, 0.3) is 11.8 Å². The Morgan fingerprint density at radius 1 is 1.12 bits per heavy atom. The monoisotopic (exact) mass is 359 g/mol.